The fraction of sp³-hybridized carbons (Fsp3) is 0.222. The van der Waals surface area contributed by atoms with E-state index in [4.69, 9.17) is 11.0 Å². The highest BCUT2D eigenvalue weighted by Gasteiger charge is 2.02. The van der Waals surface area contributed by atoms with Crippen LogP contribution in [0.25, 0.3) is 0 Å². The Hall–Kier alpha value is -1.24. The molecule has 0 aliphatic carbocycles. The number of aliphatic hydroxyl groups is 1. The quantitative estimate of drug-likeness (QED) is 0.403. The van der Waals surface area contributed by atoms with Gasteiger partial charge in [0.15, 0.2) is 0 Å². The van der Waals surface area contributed by atoms with Gasteiger partial charge in [0.2, 0.25) is 0 Å². The molecule has 0 radical (unpaired) electrons. The molecule has 5 nitrogen and oxygen atoms in total. The summed E-state index contributed by atoms with van der Waals surface area (Å²) in [5, 5.41) is 8.70. The first-order valence-corrected chi connectivity index (χ1v) is 4.56. The molecule has 1 aromatic rings. The van der Waals surface area contributed by atoms with E-state index >= 15 is 0 Å². The van der Waals surface area contributed by atoms with Gasteiger partial charge in [-0.3, -0.25) is 0 Å². The van der Waals surface area contributed by atoms with Gasteiger partial charge in [0.25, 0.3) is 0 Å². The van der Waals surface area contributed by atoms with Crippen LogP contribution in [0.1, 0.15) is 5.56 Å². The molecule has 0 bridgehead atoms. The fourth-order valence-corrected chi connectivity index (χ4v) is 1.08. The number of aliphatic hydroxyl groups excluding tert-OH is 1. The zero-order chi connectivity index (χ0) is 11.8. The third-order valence-corrected chi connectivity index (χ3v) is 1.74. The molecule has 0 unspecified atom stereocenters. The first kappa shape index (κ1) is 10.3. The van der Waals surface area contributed by atoms with E-state index in [0.29, 0.717) is 12.2 Å². The predicted molar refractivity (Wildman–Crippen MR) is 56.5 cm³/mol. The number of carbonyl (C=O) groups is 1. The van der Waals surface area contributed by atoms with Gasteiger partial charge in [-0.25, -0.2) is 9.08 Å². The van der Waals surface area contributed by atoms with Crippen LogP contribution < -0.4 is 10.2 Å². The van der Waals surface area contributed by atoms with Gasteiger partial charge < -0.3 is 9.84 Å². The number of carbonyl (C=O) groups excluding carboxylic acids is 1. The second kappa shape index (κ2) is 6.28. The number of nitrogens with one attached hydrogen (secondary N) is 1. The highest BCUT2D eigenvalue weighted by Crippen LogP contribution is 2.12. The summed E-state index contributed by atoms with van der Waals surface area (Å²) in [6.07, 6.45) is -0.236. The zero-order valence-corrected chi connectivity index (χ0v) is 8.62. The lowest BCUT2D eigenvalue weighted by atomic mass is 10.1. The molecule has 0 atom stereocenters. The van der Waals surface area contributed by atoms with E-state index in [2.05, 4.69) is 4.28 Å². The van der Waals surface area contributed by atoms with Crippen molar-refractivity contribution in [1.82, 2.24) is 5.48 Å². The van der Waals surface area contributed by atoms with E-state index in [0.717, 1.165) is 5.56 Å². The lowest BCUT2D eigenvalue weighted by Crippen LogP contribution is -2.23. The van der Waals surface area contributed by atoms with Gasteiger partial charge in [-0.15, -0.1) is 0 Å². The van der Waals surface area contributed by atoms with Gasteiger partial charge in [-0.05, 0) is 24.1 Å². The maximum Gasteiger partial charge on any atom is 0.437 e. The van der Waals surface area contributed by atoms with Crippen LogP contribution in [0.3, 0.4) is 0 Å². The molecule has 2 N–H and O–H groups in total. The summed E-state index contributed by atoms with van der Waals surface area (Å²) in [4.78, 5) is 11.0. The van der Waals surface area contributed by atoms with Crippen molar-refractivity contribution in [3.63, 3.8) is 0 Å². The van der Waals surface area contributed by atoms with Crippen LogP contribution in [0.5, 0.6) is 5.75 Å². The minimum Gasteiger partial charge on any atom is -0.409 e. The Morgan fingerprint density at radius 1 is 1.53 bits per heavy atom. The van der Waals surface area contributed by atoms with Crippen molar-refractivity contribution in [2.24, 2.45) is 0 Å². The lowest BCUT2D eigenvalue weighted by molar-refractivity contribution is 0.156. The van der Waals surface area contributed by atoms with Crippen molar-refractivity contribution in [3.05, 3.63) is 29.8 Å². The van der Waals surface area contributed by atoms with Gasteiger partial charge in [0.1, 0.15) is 6.87 Å². The molecule has 82 valence electrons. The smallest absolute Gasteiger partial charge is 0.409 e. The van der Waals surface area contributed by atoms with Crippen molar-refractivity contribution in [2.75, 3.05) is 6.61 Å². The summed E-state index contributed by atoms with van der Waals surface area (Å²) >= 11 is 0.260. The predicted octanol–water partition coefficient (Wildman–Crippen LogP) is 1.09. The first-order chi connectivity index (χ1) is 7.76. The Morgan fingerprint density at radius 2 is 2.27 bits per heavy atom. The van der Waals surface area contributed by atoms with Crippen molar-refractivity contribution >= 4 is 18.9 Å². The van der Waals surface area contributed by atoms with Gasteiger partial charge in [0, 0.05) is 19.4 Å². The molecule has 0 saturated heterocycles. The van der Waals surface area contributed by atoms with E-state index in [1.807, 2.05) is 5.48 Å². The molecule has 0 fully saturated rings. The van der Waals surface area contributed by atoms with Crippen molar-refractivity contribution in [1.29, 1.82) is 1.12 Å². The molecule has 1 aromatic carbocycles. The van der Waals surface area contributed by atoms with Crippen LogP contribution in [-0.2, 0) is 10.7 Å². The van der Waals surface area contributed by atoms with Gasteiger partial charge in [-0.2, -0.15) is 5.48 Å². The standard InChI is InChI=1S/C9H11NO4S/c11-6-5-7-1-3-8(4-2-7)13-9(12)10-14-15/h1-4,11,15H,5-6H2,(H,10,12)/i/hT. The normalized spacial score (nSPS) is 10.6. The second-order valence-electron chi connectivity index (χ2n) is 2.69. The highest BCUT2D eigenvalue weighted by molar-refractivity contribution is 7.75. The van der Waals surface area contributed by atoms with E-state index < -0.39 is 6.09 Å². The summed E-state index contributed by atoms with van der Waals surface area (Å²) in [6, 6.07) is 6.72. The Morgan fingerprint density at radius 3 is 2.87 bits per heavy atom. The van der Waals surface area contributed by atoms with E-state index in [9.17, 15) is 4.79 Å². The number of ether oxygens (including phenoxy) is 1. The molecule has 0 spiro atoms. The molecule has 6 heteroatoms. The molecule has 0 heterocycles. The van der Waals surface area contributed by atoms with Crippen LogP contribution >= 0.6 is 12.8 Å². The molecular formula is C9H11NO4S. The van der Waals surface area contributed by atoms with Crippen LogP contribution in [0, 0.1) is 0 Å². The second-order valence-corrected chi connectivity index (χ2v) is 2.86. The Labute approximate surface area is 93.7 Å². The van der Waals surface area contributed by atoms with E-state index in [-0.39, 0.29) is 19.4 Å². The van der Waals surface area contributed by atoms with Crippen molar-refractivity contribution < 1.29 is 18.9 Å². The summed E-state index contributed by atoms with van der Waals surface area (Å²) in [5.41, 5.74) is 2.85. The number of rotatable bonds is 5. The fourth-order valence-electron chi connectivity index (χ4n) is 1.02. The molecule has 0 aromatic heterocycles. The van der Waals surface area contributed by atoms with Gasteiger partial charge in [0.05, 0.1) is 0 Å². The van der Waals surface area contributed by atoms with Gasteiger partial charge >= 0.3 is 6.09 Å². The maximum absolute atomic E-state index is 11.0. The molecule has 0 aliphatic heterocycles. The number of hydrogen-bond donors (Lipinski definition) is 3. The molecule has 1 rings (SSSR count). The minimum absolute atomic E-state index is 0.0786. The monoisotopic (exact) mass is 231 g/mol. The molecule has 15 heavy (non-hydrogen) atoms. The molecular weight excluding hydrogens is 218 g/mol. The average Bonchev–Trinajstić information content (AvgIpc) is 2.29. The third-order valence-electron chi connectivity index (χ3n) is 1.66. The minimum atomic E-state index is -0.797. The largest absolute Gasteiger partial charge is 0.437 e. The number of amides is 1. The van der Waals surface area contributed by atoms with Crippen LogP contribution in [0.2, 0.25) is 0 Å². The lowest BCUT2D eigenvalue weighted by Gasteiger charge is -2.04. The van der Waals surface area contributed by atoms with E-state index in [1.165, 1.54) is 0 Å². The van der Waals surface area contributed by atoms with Crippen LogP contribution in [-0.4, -0.2) is 18.9 Å². The molecule has 0 aliphatic rings. The zero-order valence-electron chi connectivity index (χ0n) is 8.80. The Bertz CT molecular complexity index is 333. The maximum atomic E-state index is 11.0. The third kappa shape index (κ3) is 4.20. The Balaban J connectivity index is 2.45. The van der Waals surface area contributed by atoms with Crippen LogP contribution in [0.15, 0.2) is 24.3 Å². The topological polar surface area (TPSA) is 67.8 Å². The number of thiol groups is 1. The summed E-state index contributed by atoms with van der Waals surface area (Å²) in [5.74, 6) is 0.359. The summed E-state index contributed by atoms with van der Waals surface area (Å²) in [6.45, 7) is 0.0786. The SMILES string of the molecule is [3H]SONC(=O)Oc1ccc(CCO)cc1. The molecule has 1 amide bonds. The van der Waals surface area contributed by atoms with Gasteiger partial charge in [-0.1, -0.05) is 12.1 Å². The number of benzene rings is 1. The molecule has 0 saturated carbocycles. The van der Waals surface area contributed by atoms with Crippen molar-refractivity contribution in [3.8, 4) is 5.75 Å². The Kier molecular flexibility index (Phi) is 4.31. The summed E-state index contributed by atoms with van der Waals surface area (Å²) in [7, 11) is 0. The summed E-state index contributed by atoms with van der Waals surface area (Å²) < 4.78 is 15.6. The van der Waals surface area contributed by atoms with E-state index in [1.54, 1.807) is 24.3 Å². The highest BCUT2D eigenvalue weighted by atomic mass is 32.1. The average molecular weight is 231 g/mol. The van der Waals surface area contributed by atoms with Crippen LogP contribution in [0.4, 0.5) is 4.79 Å². The number of hydrogen-bond acceptors (Lipinski definition) is 5. The number of hydroxylamine groups is 1. The first-order valence-electron chi connectivity index (χ1n) is 4.63. The van der Waals surface area contributed by atoms with Crippen molar-refractivity contribution in [2.45, 2.75) is 6.42 Å².